The highest BCUT2D eigenvalue weighted by molar-refractivity contribution is 6.00. The van der Waals surface area contributed by atoms with Gasteiger partial charge in [-0.05, 0) is 60.4 Å². The van der Waals surface area contributed by atoms with Gasteiger partial charge in [0, 0.05) is 30.1 Å². The van der Waals surface area contributed by atoms with E-state index in [1.807, 2.05) is 38.1 Å². The summed E-state index contributed by atoms with van der Waals surface area (Å²) < 4.78 is 5.33. The minimum absolute atomic E-state index is 0.00831. The quantitative estimate of drug-likeness (QED) is 0.414. The maximum atomic E-state index is 13.6. The number of nitrogens with one attached hydrogen (secondary N) is 1. The highest BCUT2D eigenvalue weighted by atomic mass is 16.5. The molecule has 0 fully saturated rings. The number of pyridine rings is 1. The van der Waals surface area contributed by atoms with Crippen LogP contribution in [0.3, 0.4) is 0 Å². The van der Waals surface area contributed by atoms with Gasteiger partial charge in [-0.1, -0.05) is 18.2 Å². The number of carbonyl (C=O) groups excluding carboxylic acids is 1. The third-order valence-corrected chi connectivity index (χ3v) is 6.16. The number of hydrogen-bond acceptors (Lipinski definition) is 6. The summed E-state index contributed by atoms with van der Waals surface area (Å²) in [5, 5.41) is 28.4. The number of phenols is 2. The molecule has 4 aromatic rings. The van der Waals surface area contributed by atoms with Crippen LogP contribution in [0.4, 0.5) is 0 Å². The topological polar surface area (TPSA) is 112 Å². The van der Waals surface area contributed by atoms with Crippen LogP contribution in [-0.2, 0) is 6.54 Å². The minimum atomic E-state index is -0.522. The lowest BCUT2D eigenvalue weighted by Gasteiger charge is -2.27. The van der Waals surface area contributed by atoms with Crippen molar-refractivity contribution in [2.75, 3.05) is 7.11 Å². The molecule has 34 heavy (non-hydrogen) atoms. The molecule has 0 saturated heterocycles. The SMILES string of the molecule is COc1cc([C@H]2c3c(-c4cc(C)cc(C)c4O)n[nH]c3C(=O)N2Cc2cccnc2)ccc1O. The highest BCUT2D eigenvalue weighted by Crippen LogP contribution is 2.46. The highest BCUT2D eigenvalue weighted by Gasteiger charge is 2.43. The molecule has 1 atom stereocenters. The molecule has 0 saturated carbocycles. The fraction of sp³-hybridized carbons (Fsp3) is 0.192. The van der Waals surface area contributed by atoms with Gasteiger partial charge >= 0.3 is 0 Å². The summed E-state index contributed by atoms with van der Waals surface area (Å²) in [6.45, 7) is 4.10. The first-order valence-corrected chi connectivity index (χ1v) is 10.8. The van der Waals surface area contributed by atoms with Crippen molar-refractivity contribution in [1.29, 1.82) is 0 Å². The number of amides is 1. The Labute approximate surface area is 196 Å². The summed E-state index contributed by atoms with van der Waals surface area (Å²) in [4.78, 5) is 19.5. The lowest BCUT2D eigenvalue weighted by atomic mass is 9.93. The number of aryl methyl sites for hydroxylation is 2. The second kappa shape index (κ2) is 8.22. The Bertz CT molecular complexity index is 1400. The van der Waals surface area contributed by atoms with Crippen molar-refractivity contribution in [3.8, 4) is 28.5 Å². The van der Waals surface area contributed by atoms with Crippen molar-refractivity contribution in [3.05, 3.63) is 88.4 Å². The van der Waals surface area contributed by atoms with E-state index in [0.29, 0.717) is 34.8 Å². The van der Waals surface area contributed by atoms with Crippen LogP contribution in [0.2, 0.25) is 0 Å². The van der Waals surface area contributed by atoms with Crippen LogP contribution in [-0.4, -0.2) is 43.3 Å². The molecule has 8 heteroatoms. The summed E-state index contributed by atoms with van der Waals surface area (Å²) >= 11 is 0. The van der Waals surface area contributed by atoms with Gasteiger partial charge in [0.05, 0.1) is 13.2 Å². The van der Waals surface area contributed by atoms with Crippen molar-refractivity contribution in [1.82, 2.24) is 20.1 Å². The van der Waals surface area contributed by atoms with Gasteiger partial charge < -0.3 is 19.8 Å². The third-order valence-electron chi connectivity index (χ3n) is 6.16. The average molecular weight is 457 g/mol. The van der Waals surface area contributed by atoms with Gasteiger partial charge in [0.25, 0.3) is 5.91 Å². The van der Waals surface area contributed by atoms with Gasteiger partial charge in [0.1, 0.15) is 17.1 Å². The second-order valence-corrected chi connectivity index (χ2v) is 8.47. The standard InChI is InChI=1S/C26H24N4O4/c1-14-9-15(2)25(32)18(10-14)22-21-23(29-28-22)26(33)30(13-16-5-4-8-27-12-16)24(21)17-6-7-19(31)20(11-17)34-3/h4-12,24,31-32H,13H2,1-3H3,(H,28,29)/t24-/m0/s1. The van der Waals surface area contributed by atoms with Gasteiger partial charge in [0.2, 0.25) is 0 Å². The molecule has 0 bridgehead atoms. The summed E-state index contributed by atoms with van der Waals surface area (Å²) in [7, 11) is 1.48. The molecule has 1 aliphatic rings. The van der Waals surface area contributed by atoms with Gasteiger partial charge in [-0.15, -0.1) is 0 Å². The first kappa shape index (κ1) is 21.5. The van der Waals surface area contributed by atoms with Crippen LogP contribution in [0.25, 0.3) is 11.3 Å². The number of H-pyrrole nitrogens is 1. The average Bonchev–Trinajstić information content (AvgIpc) is 3.37. The predicted molar refractivity (Wildman–Crippen MR) is 126 cm³/mol. The fourth-order valence-corrected chi connectivity index (χ4v) is 4.60. The molecule has 1 aliphatic heterocycles. The van der Waals surface area contributed by atoms with E-state index in [9.17, 15) is 15.0 Å². The normalized spacial score (nSPS) is 15.0. The molecule has 0 radical (unpaired) electrons. The van der Waals surface area contributed by atoms with E-state index < -0.39 is 6.04 Å². The summed E-state index contributed by atoms with van der Waals surface area (Å²) in [5.74, 6) is 0.228. The number of aromatic hydroxyl groups is 2. The van der Waals surface area contributed by atoms with Crippen molar-refractivity contribution in [2.45, 2.75) is 26.4 Å². The van der Waals surface area contributed by atoms with E-state index in [2.05, 4.69) is 15.2 Å². The van der Waals surface area contributed by atoms with E-state index >= 15 is 0 Å². The minimum Gasteiger partial charge on any atom is -0.507 e. The lowest BCUT2D eigenvalue weighted by Crippen LogP contribution is -2.29. The number of rotatable bonds is 5. The van der Waals surface area contributed by atoms with Crippen LogP contribution in [0.5, 0.6) is 17.2 Å². The van der Waals surface area contributed by atoms with Crippen molar-refractivity contribution in [2.24, 2.45) is 0 Å². The number of benzene rings is 2. The smallest absolute Gasteiger partial charge is 0.273 e. The zero-order valence-electron chi connectivity index (χ0n) is 19.0. The summed E-state index contributed by atoms with van der Waals surface area (Å²) in [6, 6.07) is 12.0. The monoisotopic (exact) mass is 456 g/mol. The summed E-state index contributed by atoms with van der Waals surface area (Å²) in [6.07, 6.45) is 3.41. The van der Waals surface area contributed by atoms with E-state index in [1.54, 1.807) is 35.5 Å². The Balaban J connectivity index is 1.71. The molecule has 172 valence electrons. The number of fused-ring (bicyclic) bond motifs is 1. The summed E-state index contributed by atoms with van der Waals surface area (Å²) in [5.41, 5.74) is 5.43. The zero-order chi connectivity index (χ0) is 24.0. The third kappa shape index (κ3) is 3.44. The number of methoxy groups -OCH3 is 1. The predicted octanol–water partition coefficient (Wildman–Crippen LogP) is 4.25. The zero-order valence-corrected chi connectivity index (χ0v) is 19.0. The number of aromatic nitrogens is 3. The number of phenolic OH excluding ortho intramolecular Hbond substituents is 2. The number of carbonyl (C=O) groups is 1. The lowest BCUT2D eigenvalue weighted by molar-refractivity contribution is 0.0729. The van der Waals surface area contributed by atoms with Crippen molar-refractivity contribution in [3.63, 3.8) is 0 Å². The maximum absolute atomic E-state index is 13.6. The largest absolute Gasteiger partial charge is 0.507 e. The van der Waals surface area contributed by atoms with Crippen LogP contribution in [0.15, 0.2) is 54.9 Å². The number of hydrogen-bond donors (Lipinski definition) is 3. The molecular formula is C26H24N4O4. The Hall–Kier alpha value is -4.33. The number of ether oxygens (including phenoxy) is 1. The Morgan fingerprint density at radius 1 is 1.15 bits per heavy atom. The van der Waals surface area contributed by atoms with Crippen LogP contribution in [0, 0.1) is 13.8 Å². The van der Waals surface area contributed by atoms with Crippen LogP contribution >= 0.6 is 0 Å². The molecule has 2 aromatic carbocycles. The molecule has 3 N–H and O–H groups in total. The Kier molecular flexibility index (Phi) is 5.20. The first-order chi connectivity index (χ1) is 16.4. The molecule has 0 unspecified atom stereocenters. The Morgan fingerprint density at radius 3 is 2.71 bits per heavy atom. The van der Waals surface area contributed by atoms with Crippen LogP contribution in [0.1, 0.15) is 44.3 Å². The molecule has 5 rings (SSSR count). The molecule has 1 amide bonds. The van der Waals surface area contributed by atoms with Crippen molar-refractivity contribution < 1.29 is 19.7 Å². The van der Waals surface area contributed by atoms with Crippen LogP contribution < -0.4 is 4.74 Å². The molecule has 2 aromatic heterocycles. The molecular weight excluding hydrogens is 432 g/mol. The molecule has 8 nitrogen and oxygen atoms in total. The molecule has 3 heterocycles. The van der Waals surface area contributed by atoms with Gasteiger partial charge in [-0.3, -0.25) is 14.9 Å². The van der Waals surface area contributed by atoms with Gasteiger partial charge in [-0.25, -0.2) is 0 Å². The second-order valence-electron chi connectivity index (χ2n) is 8.47. The molecule has 0 aliphatic carbocycles. The van der Waals surface area contributed by atoms with Gasteiger partial charge in [-0.2, -0.15) is 5.10 Å². The van der Waals surface area contributed by atoms with Crippen molar-refractivity contribution >= 4 is 5.91 Å². The number of nitrogens with zero attached hydrogens (tertiary/aromatic N) is 3. The maximum Gasteiger partial charge on any atom is 0.273 e. The van der Waals surface area contributed by atoms with E-state index in [0.717, 1.165) is 22.3 Å². The van der Waals surface area contributed by atoms with E-state index in [1.165, 1.54) is 7.11 Å². The van der Waals surface area contributed by atoms with Gasteiger partial charge in [0.15, 0.2) is 11.5 Å². The first-order valence-electron chi connectivity index (χ1n) is 10.8. The Morgan fingerprint density at radius 2 is 1.97 bits per heavy atom. The van der Waals surface area contributed by atoms with E-state index in [-0.39, 0.29) is 17.4 Å². The number of aromatic amines is 1. The van der Waals surface area contributed by atoms with E-state index in [4.69, 9.17) is 4.74 Å². The fourth-order valence-electron chi connectivity index (χ4n) is 4.60. The molecule has 0 spiro atoms.